The van der Waals surface area contributed by atoms with Crippen LogP contribution >= 0.6 is 0 Å². The van der Waals surface area contributed by atoms with Crippen molar-refractivity contribution in [3.8, 4) is 0 Å². The summed E-state index contributed by atoms with van der Waals surface area (Å²) in [4.78, 5) is 12.5. The van der Waals surface area contributed by atoms with E-state index in [9.17, 15) is 20.1 Å². The van der Waals surface area contributed by atoms with Gasteiger partial charge < -0.3 is 20.6 Å². The third kappa shape index (κ3) is 44.2. The Morgan fingerprint density at radius 3 is 1.07 bits per heavy atom. The number of amides is 1. The maximum Gasteiger partial charge on any atom is 0.222 e. The highest BCUT2D eigenvalue weighted by atomic mass is 16.3. The van der Waals surface area contributed by atoms with Crippen molar-refractivity contribution in [3.05, 3.63) is 24.3 Å². The van der Waals surface area contributed by atoms with E-state index in [1.807, 2.05) is 6.08 Å². The predicted octanol–water partition coefficient (Wildman–Crippen LogP) is 15.3. The van der Waals surface area contributed by atoms with Gasteiger partial charge in [-0.2, -0.15) is 0 Å². The average molecular weight is 804 g/mol. The maximum atomic E-state index is 12.5. The summed E-state index contributed by atoms with van der Waals surface area (Å²) in [7, 11) is 0. The van der Waals surface area contributed by atoms with Gasteiger partial charge in [0.05, 0.1) is 31.3 Å². The minimum absolute atomic E-state index is 0.0101. The summed E-state index contributed by atoms with van der Waals surface area (Å²) in [6.45, 7) is 4.24. The number of unbranched alkanes of at least 4 members (excludes halogenated alkanes) is 36. The number of nitrogens with one attached hydrogen (secondary N) is 1. The molecule has 5 nitrogen and oxygen atoms in total. The first-order chi connectivity index (χ1) is 28.0. The molecule has 5 heteroatoms. The highest BCUT2D eigenvalue weighted by molar-refractivity contribution is 5.76. The molecule has 0 heterocycles. The SMILES string of the molecule is CCCCCCCCCCCC/C=C\CCCCCCCC(O)CC(=O)NC(CO)C(O)/C=C/CCCCCCCCCCCCCCCCCCCCCCC. The van der Waals surface area contributed by atoms with Crippen LogP contribution in [-0.2, 0) is 4.79 Å². The van der Waals surface area contributed by atoms with Crippen LogP contribution in [0.15, 0.2) is 24.3 Å². The van der Waals surface area contributed by atoms with Crippen LogP contribution in [0.5, 0.6) is 0 Å². The van der Waals surface area contributed by atoms with Crippen molar-refractivity contribution in [1.29, 1.82) is 0 Å². The van der Waals surface area contributed by atoms with Gasteiger partial charge in [-0.05, 0) is 44.9 Å². The van der Waals surface area contributed by atoms with Crippen molar-refractivity contribution in [2.45, 2.75) is 295 Å². The first-order valence-corrected chi connectivity index (χ1v) is 25.6. The minimum atomic E-state index is -0.930. The Hall–Kier alpha value is -1.17. The van der Waals surface area contributed by atoms with Crippen LogP contribution in [0.1, 0.15) is 277 Å². The number of hydrogen-bond donors (Lipinski definition) is 4. The van der Waals surface area contributed by atoms with Crippen molar-refractivity contribution in [1.82, 2.24) is 5.32 Å². The third-order valence-electron chi connectivity index (χ3n) is 12.0. The molecule has 0 radical (unpaired) electrons. The highest BCUT2D eigenvalue weighted by Crippen LogP contribution is 2.17. The standard InChI is InChI=1S/C52H101NO4/c1-3-5-7-9-11-13-15-17-19-21-23-24-25-26-28-30-32-34-36-38-40-42-44-46-51(56)50(48-54)53-52(57)47-49(55)45-43-41-39-37-35-33-31-29-27-22-20-18-16-14-12-10-8-6-4-2/h29,31,44,46,49-51,54-56H,3-28,30,32-43,45,47-48H2,1-2H3,(H,53,57)/b31-29-,46-44+. The van der Waals surface area contributed by atoms with Gasteiger partial charge in [-0.3, -0.25) is 4.79 Å². The van der Waals surface area contributed by atoms with Crippen LogP contribution in [0.2, 0.25) is 0 Å². The molecule has 3 atom stereocenters. The molecular weight excluding hydrogens is 703 g/mol. The summed E-state index contributed by atoms with van der Waals surface area (Å²) in [5.74, 6) is -0.317. The first kappa shape index (κ1) is 55.8. The number of hydrogen-bond acceptors (Lipinski definition) is 4. The van der Waals surface area contributed by atoms with Crippen LogP contribution in [-0.4, -0.2) is 46.1 Å². The molecule has 0 aromatic heterocycles. The lowest BCUT2D eigenvalue weighted by Gasteiger charge is -2.21. The van der Waals surface area contributed by atoms with Crippen LogP contribution in [0.3, 0.4) is 0 Å². The van der Waals surface area contributed by atoms with E-state index in [1.165, 1.54) is 212 Å². The third-order valence-corrected chi connectivity index (χ3v) is 12.0. The fourth-order valence-electron chi connectivity index (χ4n) is 8.04. The van der Waals surface area contributed by atoms with Gasteiger partial charge in [0.15, 0.2) is 0 Å². The van der Waals surface area contributed by atoms with Gasteiger partial charge in [-0.1, -0.05) is 250 Å². The molecular formula is C52H101NO4. The molecule has 0 aromatic carbocycles. The topological polar surface area (TPSA) is 89.8 Å². The van der Waals surface area contributed by atoms with Crippen molar-refractivity contribution in [2.75, 3.05) is 6.61 Å². The van der Waals surface area contributed by atoms with Gasteiger partial charge in [0.25, 0.3) is 0 Å². The smallest absolute Gasteiger partial charge is 0.222 e. The normalized spacial score (nSPS) is 13.6. The van der Waals surface area contributed by atoms with E-state index in [4.69, 9.17) is 0 Å². The van der Waals surface area contributed by atoms with E-state index in [1.54, 1.807) is 6.08 Å². The second kappa shape index (κ2) is 47.5. The molecule has 338 valence electrons. The maximum absolute atomic E-state index is 12.5. The molecule has 0 saturated heterocycles. The Morgan fingerprint density at radius 2 is 0.737 bits per heavy atom. The highest BCUT2D eigenvalue weighted by Gasteiger charge is 2.20. The fourth-order valence-corrected chi connectivity index (χ4v) is 8.04. The quantitative estimate of drug-likeness (QED) is 0.0364. The first-order valence-electron chi connectivity index (χ1n) is 25.6. The Kier molecular flexibility index (Phi) is 46.5. The number of carbonyl (C=O) groups is 1. The van der Waals surface area contributed by atoms with Crippen molar-refractivity contribution < 1.29 is 20.1 Å². The molecule has 0 saturated carbocycles. The zero-order valence-corrected chi connectivity index (χ0v) is 38.5. The van der Waals surface area contributed by atoms with E-state index in [0.717, 1.165) is 38.5 Å². The molecule has 1 amide bonds. The Bertz CT molecular complexity index is 844. The lowest BCUT2D eigenvalue weighted by atomic mass is 10.0. The van der Waals surface area contributed by atoms with Gasteiger partial charge in [0.2, 0.25) is 5.91 Å². The summed E-state index contributed by atoms with van der Waals surface area (Å²) >= 11 is 0. The van der Waals surface area contributed by atoms with Crippen LogP contribution in [0.25, 0.3) is 0 Å². The molecule has 0 spiro atoms. The Balaban J connectivity index is 3.61. The summed E-state index contributed by atoms with van der Waals surface area (Å²) in [6, 6.07) is -0.746. The lowest BCUT2D eigenvalue weighted by Crippen LogP contribution is -2.45. The van der Waals surface area contributed by atoms with Gasteiger partial charge in [-0.15, -0.1) is 0 Å². The molecule has 0 fully saturated rings. The summed E-state index contributed by atoms with van der Waals surface area (Å²) < 4.78 is 0. The lowest BCUT2D eigenvalue weighted by molar-refractivity contribution is -0.124. The molecule has 0 bridgehead atoms. The van der Waals surface area contributed by atoms with Gasteiger partial charge >= 0.3 is 0 Å². The van der Waals surface area contributed by atoms with Crippen LogP contribution < -0.4 is 5.32 Å². The van der Waals surface area contributed by atoms with E-state index < -0.39 is 18.2 Å². The summed E-state index contributed by atoms with van der Waals surface area (Å²) in [5.41, 5.74) is 0. The molecule has 57 heavy (non-hydrogen) atoms. The largest absolute Gasteiger partial charge is 0.394 e. The minimum Gasteiger partial charge on any atom is -0.394 e. The fraction of sp³-hybridized carbons (Fsp3) is 0.904. The van der Waals surface area contributed by atoms with E-state index >= 15 is 0 Å². The van der Waals surface area contributed by atoms with Gasteiger partial charge in [-0.25, -0.2) is 0 Å². The molecule has 0 aromatic rings. The second-order valence-corrected chi connectivity index (χ2v) is 17.8. The summed E-state index contributed by atoms with van der Waals surface area (Å²) in [5, 5.41) is 33.4. The van der Waals surface area contributed by atoms with Gasteiger partial charge in [0, 0.05) is 0 Å². The van der Waals surface area contributed by atoms with Gasteiger partial charge in [0.1, 0.15) is 0 Å². The monoisotopic (exact) mass is 804 g/mol. The number of allylic oxidation sites excluding steroid dienone is 3. The second-order valence-electron chi connectivity index (χ2n) is 17.8. The van der Waals surface area contributed by atoms with E-state index in [0.29, 0.717) is 6.42 Å². The van der Waals surface area contributed by atoms with Crippen molar-refractivity contribution in [2.24, 2.45) is 0 Å². The van der Waals surface area contributed by atoms with E-state index in [-0.39, 0.29) is 18.9 Å². The van der Waals surface area contributed by atoms with Crippen molar-refractivity contribution >= 4 is 5.91 Å². The number of carbonyl (C=O) groups excluding carboxylic acids is 1. The molecule has 0 aliphatic rings. The molecule has 0 aliphatic carbocycles. The van der Waals surface area contributed by atoms with Crippen molar-refractivity contribution in [3.63, 3.8) is 0 Å². The van der Waals surface area contributed by atoms with Crippen LogP contribution in [0.4, 0.5) is 0 Å². The van der Waals surface area contributed by atoms with E-state index in [2.05, 4.69) is 31.3 Å². The van der Waals surface area contributed by atoms with Crippen LogP contribution in [0, 0.1) is 0 Å². The number of rotatable bonds is 47. The zero-order valence-electron chi connectivity index (χ0n) is 38.5. The average Bonchev–Trinajstić information content (AvgIpc) is 3.20. The zero-order chi connectivity index (χ0) is 41.5. The molecule has 0 rings (SSSR count). The predicted molar refractivity (Wildman–Crippen MR) is 250 cm³/mol. The number of aliphatic hydroxyl groups excluding tert-OH is 3. The summed E-state index contributed by atoms with van der Waals surface area (Å²) in [6.07, 6.45) is 59.1. The Morgan fingerprint density at radius 1 is 0.439 bits per heavy atom. The molecule has 0 aliphatic heterocycles. The molecule has 4 N–H and O–H groups in total. The Labute approximate surface area is 356 Å². The molecule has 3 unspecified atom stereocenters. The number of aliphatic hydroxyl groups is 3.